The Morgan fingerprint density at radius 1 is 1.33 bits per heavy atom. The SMILES string of the molecule is C=CCC(OC(C)=O)OC(C)=O. The second-order valence-corrected chi connectivity index (χ2v) is 2.17. The Kier molecular flexibility index (Phi) is 4.76. The third-order valence-electron chi connectivity index (χ3n) is 0.954. The average Bonchev–Trinajstić information content (AvgIpc) is 1.84. The van der Waals surface area contributed by atoms with Gasteiger partial charge in [0.2, 0.25) is 0 Å². The molecule has 0 aromatic heterocycles. The summed E-state index contributed by atoms with van der Waals surface area (Å²) in [5, 5.41) is 0. The van der Waals surface area contributed by atoms with E-state index in [2.05, 4.69) is 16.1 Å². The molecule has 0 aliphatic heterocycles. The molecule has 0 atom stereocenters. The summed E-state index contributed by atoms with van der Waals surface area (Å²) in [4.78, 5) is 20.9. The van der Waals surface area contributed by atoms with Crippen molar-refractivity contribution in [2.75, 3.05) is 0 Å². The van der Waals surface area contributed by atoms with Crippen molar-refractivity contribution in [3.05, 3.63) is 12.7 Å². The fourth-order valence-electron chi connectivity index (χ4n) is 0.627. The number of esters is 2. The quantitative estimate of drug-likeness (QED) is 0.361. The molecule has 0 amide bonds. The van der Waals surface area contributed by atoms with Gasteiger partial charge in [-0.05, 0) is 0 Å². The third kappa shape index (κ3) is 5.46. The fraction of sp³-hybridized carbons (Fsp3) is 0.500. The maximum absolute atomic E-state index is 10.5. The van der Waals surface area contributed by atoms with Crippen LogP contribution in [0.5, 0.6) is 0 Å². The molecule has 0 spiro atoms. The normalized spacial score (nSPS) is 9.25. The van der Waals surface area contributed by atoms with Crippen LogP contribution < -0.4 is 0 Å². The summed E-state index contributed by atoms with van der Waals surface area (Å²) in [6, 6.07) is 0. The van der Waals surface area contributed by atoms with Crippen LogP contribution in [0.1, 0.15) is 20.3 Å². The zero-order valence-corrected chi connectivity index (χ0v) is 7.20. The molecular formula is C8H12O4. The summed E-state index contributed by atoms with van der Waals surface area (Å²) in [6.07, 6.45) is 0.980. The van der Waals surface area contributed by atoms with Gasteiger partial charge in [-0.25, -0.2) is 0 Å². The van der Waals surface area contributed by atoms with E-state index in [0.29, 0.717) is 6.42 Å². The first-order chi connectivity index (χ1) is 5.56. The van der Waals surface area contributed by atoms with Crippen molar-refractivity contribution in [2.45, 2.75) is 26.6 Å². The lowest BCUT2D eigenvalue weighted by atomic mass is 10.4. The van der Waals surface area contributed by atoms with E-state index in [1.54, 1.807) is 0 Å². The number of carbonyl (C=O) groups is 2. The number of ether oxygens (including phenoxy) is 2. The second-order valence-electron chi connectivity index (χ2n) is 2.17. The highest BCUT2D eigenvalue weighted by Gasteiger charge is 2.12. The highest BCUT2D eigenvalue weighted by molar-refractivity contribution is 5.68. The van der Waals surface area contributed by atoms with Crippen LogP contribution in [0, 0.1) is 0 Å². The second kappa shape index (κ2) is 5.35. The molecule has 0 N–H and O–H groups in total. The van der Waals surface area contributed by atoms with Crippen LogP contribution in [0.25, 0.3) is 0 Å². The highest BCUT2D eigenvalue weighted by atomic mass is 16.7. The Morgan fingerprint density at radius 3 is 2.00 bits per heavy atom. The van der Waals surface area contributed by atoms with Crippen molar-refractivity contribution in [1.29, 1.82) is 0 Å². The van der Waals surface area contributed by atoms with Gasteiger partial charge < -0.3 is 9.47 Å². The van der Waals surface area contributed by atoms with E-state index < -0.39 is 18.2 Å². The average molecular weight is 172 g/mol. The minimum absolute atomic E-state index is 0.305. The van der Waals surface area contributed by atoms with E-state index in [-0.39, 0.29) is 0 Å². The topological polar surface area (TPSA) is 52.6 Å². The Labute approximate surface area is 71.2 Å². The zero-order chi connectivity index (χ0) is 9.56. The van der Waals surface area contributed by atoms with Crippen LogP contribution in [0.2, 0.25) is 0 Å². The largest absolute Gasteiger partial charge is 0.425 e. The number of rotatable bonds is 4. The van der Waals surface area contributed by atoms with Gasteiger partial charge in [0.05, 0.1) is 0 Å². The van der Waals surface area contributed by atoms with Crippen LogP contribution in [0.4, 0.5) is 0 Å². The van der Waals surface area contributed by atoms with E-state index in [1.165, 1.54) is 19.9 Å². The molecule has 0 radical (unpaired) electrons. The first kappa shape index (κ1) is 10.7. The Hall–Kier alpha value is -1.32. The first-order valence-corrected chi connectivity index (χ1v) is 3.51. The molecule has 0 aliphatic rings. The van der Waals surface area contributed by atoms with Crippen molar-refractivity contribution in [1.82, 2.24) is 0 Å². The van der Waals surface area contributed by atoms with Gasteiger partial charge in [-0.3, -0.25) is 9.59 Å². The summed E-state index contributed by atoms with van der Waals surface area (Å²) in [5.41, 5.74) is 0. The van der Waals surface area contributed by atoms with Crippen molar-refractivity contribution < 1.29 is 19.1 Å². The van der Waals surface area contributed by atoms with Gasteiger partial charge in [0.15, 0.2) is 0 Å². The van der Waals surface area contributed by atoms with E-state index >= 15 is 0 Å². The van der Waals surface area contributed by atoms with Gasteiger partial charge in [0.25, 0.3) is 6.29 Å². The van der Waals surface area contributed by atoms with E-state index in [9.17, 15) is 9.59 Å². The van der Waals surface area contributed by atoms with Crippen LogP contribution in [0.15, 0.2) is 12.7 Å². The maximum Gasteiger partial charge on any atom is 0.305 e. The Morgan fingerprint density at radius 2 is 1.75 bits per heavy atom. The van der Waals surface area contributed by atoms with Gasteiger partial charge in [0.1, 0.15) is 0 Å². The van der Waals surface area contributed by atoms with E-state index in [1.807, 2.05) is 0 Å². The summed E-state index contributed by atoms with van der Waals surface area (Å²) in [7, 11) is 0. The first-order valence-electron chi connectivity index (χ1n) is 3.51. The van der Waals surface area contributed by atoms with Crippen molar-refractivity contribution in [3.63, 3.8) is 0 Å². The molecule has 4 heteroatoms. The van der Waals surface area contributed by atoms with Gasteiger partial charge in [-0.1, -0.05) is 6.08 Å². The third-order valence-corrected chi connectivity index (χ3v) is 0.954. The van der Waals surface area contributed by atoms with Crippen molar-refractivity contribution >= 4 is 11.9 Å². The minimum atomic E-state index is -0.836. The van der Waals surface area contributed by atoms with E-state index in [0.717, 1.165) is 0 Å². The van der Waals surface area contributed by atoms with Crippen LogP contribution in [-0.2, 0) is 19.1 Å². The number of hydrogen-bond donors (Lipinski definition) is 0. The van der Waals surface area contributed by atoms with Crippen LogP contribution in [-0.4, -0.2) is 18.2 Å². The molecule has 12 heavy (non-hydrogen) atoms. The molecule has 0 saturated carbocycles. The highest BCUT2D eigenvalue weighted by Crippen LogP contribution is 2.02. The molecule has 0 aliphatic carbocycles. The number of hydrogen-bond acceptors (Lipinski definition) is 4. The maximum atomic E-state index is 10.5. The standard InChI is InChI=1S/C8H12O4/c1-4-5-8(11-6(2)9)12-7(3)10/h4,8H,1,5H2,2-3H3. The summed E-state index contributed by atoms with van der Waals surface area (Å²) in [6.45, 7) is 5.93. The number of carbonyl (C=O) groups excluding carboxylic acids is 2. The molecule has 68 valence electrons. The van der Waals surface area contributed by atoms with E-state index in [4.69, 9.17) is 0 Å². The Bertz CT molecular complexity index is 169. The fourth-order valence-corrected chi connectivity index (χ4v) is 0.627. The predicted molar refractivity (Wildman–Crippen MR) is 42.1 cm³/mol. The lowest BCUT2D eigenvalue weighted by Crippen LogP contribution is -2.21. The van der Waals surface area contributed by atoms with Gasteiger partial charge in [-0.15, -0.1) is 6.58 Å². The van der Waals surface area contributed by atoms with Gasteiger partial charge in [-0.2, -0.15) is 0 Å². The summed E-state index contributed by atoms with van der Waals surface area (Å²) < 4.78 is 9.30. The molecule has 4 nitrogen and oxygen atoms in total. The molecule has 0 rings (SSSR count). The molecule has 0 fully saturated rings. The molecule has 0 unspecified atom stereocenters. The summed E-state index contributed by atoms with van der Waals surface area (Å²) >= 11 is 0. The van der Waals surface area contributed by atoms with Crippen LogP contribution in [0.3, 0.4) is 0 Å². The minimum Gasteiger partial charge on any atom is -0.425 e. The molecule has 0 aromatic rings. The molecule has 0 bridgehead atoms. The molecular weight excluding hydrogens is 160 g/mol. The smallest absolute Gasteiger partial charge is 0.305 e. The lowest BCUT2D eigenvalue weighted by molar-refractivity contribution is -0.183. The zero-order valence-electron chi connectivity index (χ0n) is 7.20. The lowest BCUT2D eigenvalue weighted by Gasteiger charge is -2.14. The van der Waals surface area contributed by atoms with Crippen molar-refractivity contribution in [2.24, 2.45) is 0 Å². The Balaban J connectivity index is 3.93. The molecule has 0 aromatic carbocycles. The summed E-state index contributed by atoms with van der Waals surface area (Å²) in [5.74, 6) is -0.966. The van der Waals surface area contributed by atoms with Crippen LogP contribution >= 0.6 is 0 Å². The van der Waals surface area contributed by atoms with Crippen molar-refractivity contribution in [3.8, 4) is 0 Å². The monoisotopic (exact) mass is 172 g/mol. The molecule has 0 saturated heterocycles. The molecule has 0 heterocycles. The van der Waals surface area contributed by atoms with Gasteiger partial charge in [0, 0.05) is 20.3 Å². The van der Waals surface area contributed by atoms with Gasteiger partial charge >= 0.3 is 11.9 Å². The predicted octanol–water partition coefficient (Wildman–Crippen LogP) is 1.01.